The van der Waals surface area contributed by atoms with Crippen LogP contribution in [0.1, 0.15) is 10.4 Å². The van der Waals surface area contributed by atoms with Gasteiger partial charge in [-0.3, -0.25) is 10.1 Å². The predicted molar refractivity (Wildman–Crippen MR) is 59.2 cm³/mol. The second-order valence-corrected chi connectivity index (χ2v) is 3.41. The van der Waals surface area contributed by atoms with Crippen LogP contribution in [0.2, 0.25) is 5.15 Å². The lowest BCUT2D eigenvalue weighted by Crippen LogP contribution is -2.14. The standard InChI is InChI=1S/C10H6ClFN4O/c11-7-3-4-13-10(15-7)16-9(17)6-1-2-8(12)14-5-6/h1-5H,(H,13,15,16,17). The van der Waals surface area contributed by atoms with Crippen LogP contribution in [0.25, 0.3) is 0 Å². The van der Waals surface area contributed by atoms with E-state index in [0.717, 1.165) is 12.3 Å². The summed E-state index contributed by atoms with van der Waals surface area (Å²) in [7, 11) is 0. The quantitative estimate of drug-likeness (QED) is 0.655. The minimum absolute atomic E-state index is 0.0758. The van der Waals surface area contributed by atoms with Crippen LogP contribution in [0.15, 0.2) is 30.6 Å². The van der Waals surface area contributed by atoms with Crippen LogP contribution in [0, 0.1) is 5.95 Å². The number of carbonyl (C=O) groups is 1. The Morgan fingerprint density at radius 3 is 2.76 bits per heavy atom. The van der Waals surface area contributed by atoms with E-state index in [2.05, 4.69) is 20.3 Å². The van der Waals surface area contributed by atoms with Crippen molar-refractivity contribution < 1.29 is 9.18 Å². The van der Waals surface area contributed by atoms with Gasteiger partial charge < -0.3 is 0 Å². The first-order valence-electron chi connectivity index (χ1n) is 4.56. The highest BCUT2D eigenvalue weighted by atomic mass is 35.5. The van der Waals surface area contributed by atoms with Crippen molar-refractivity contribution in [3.63, 3.8) is 0 Å². The lowest BCUT2D eigenvalue weighted by molar-refractivity contribution is 0.102. The fourth-order valence-electron chi connectivity index (χ4n) is 1.08. The number of hydrogen-bond donors (Lipinski definition) is 1. The molecule has 0 aliphatic heterocycles. The molecule has 0 spiro atoms. The molecule has 0 bridgehead atoms. The number of pyridine rings is 1. The number of amides is 1. The molecule has 0 saturated heterocycles. The summed E-state index contributed by atoms with van der Waals surface area (Å²) in [4.78, 5) is 22.6. The van der Waals surface area contributed by atoms with Crippen LogP contribution >= 0.6 is 11.6 Å². The molecule has 0 atom stereocenters. The zero-order valence-electron chi connectivity index (χ0n) is 8.39. The van der Waals surface area contributed by atoms with E-state index in [1.54, 1.807) is 0 Å². The van der Waals surface area contributed by atoms with Crippen LogP contribution in [-0.2, 0) is 0 Å². The molecule has 7 heteroatoms. The smallest absolute Gasteiger partial charge is 0.259 e. The molecule has 0 aromatic carbocycles. The van der Waals surface area contributed by atoms with Crippen LogP contribution < -0.4 is 5.32 Å². The van der Waals surface area contributed by atoms with E-state index in [9.17, 15) is 9.18 Å². The topological polar surface area (TPSA) is 67.8 Å². The lowest BCUT2D eigenvalue weighted by atomic mass is 10.3. The van der Waals surface area contributed by atoms with Gasteiger partial charge in [0.1, 0.15) is 5.15 Å². The summed E-state index contributed by atoms with van der Waals surface area (Å²) in [5, 5.41) is 2.63. The molecular formula is C10H6ClFN4O. The summed E-state index contributed by atoms with van der Waals surface area (Å²) < 4.78 is 12.5. The molecule has 0 aliphatic carbocycles. The third kappa shape index (κ3) is 2.94. The molecule has 0 radical (unpaired) electrons. The summed E-state index contributed by atoms with van der Waals surface area (Å²) >= 11 is 5.63. The molecular weight excluding hydrogens is 247 g/mol. The number of anilines is 1. The Morgan fingerprint density at radius 1 is 1.29 bits per heavy atom. The summed E-state index contributed by atoms with van der Waals surface area (Å²) in [5.41, 5.74) is 0.204. The summed E-state index contributed by atoms with van der Waals surface area (Å²) in [6, 6.07) is 3.88. The maximum absolute atomic E-state index is 12.5. The molecule has 2 aromatic heterocycles. The lowest BCUT2D eigenvalue weighted by Gasteiger charge is -2.02. The first-order valence-corrected chi connectivity index (χ1v) is 4.94. The maximum Gasteiger partial charge on any atom is 0.259 e. The van der Waals surface area contributed by atoms with Gasteiger partial charge in [-0.15, -0.1) is 0 Å². The van der Waals surface area contributed by atoms with E-state index in [0.29, 0.717) is 0 Å². The van der Waals surface area contributed by atoms with Gasteiger partial charge in [0, 0.05) is 12.4 Å². The van der Waals surface area contributed by atoms with Gasteiger partial charge in [-0.25, -0.2) is 15.0 Å². The second-order valence-electron chi connectivity index (χ2n) is 3.03. The van der Waals surface area contributed by atoms with E-state index in [1.807, 2.05) is 0 Å². The third-order valence-corrected chi connectivity index (χ3v) is 2.05. The molecule has 2 heterocycles. The highest BCUT2D eigenvalue weighted by molar-refractivity contribution is 6.29. The van der Waals surface area contributed by atoms with Crippen LogP contribution in [0.4, 0.5) is 10.3 Å². The monoisotopic (exact) mass is 252 g/mol. The van der Waals surface area contributed by atoms with Gasteiger partial charge in [0.2, 0.25) is 11.9 Å². The Balaban J connectivity index is 2.14. The normalized spacial score (nSPS) is 10.0. The van der Waals surface area contributed by atoms with E-state index in [4.69, 9.17) is 11.6 Å². The van der Waals surface area contributed by atoms with Crippen molar-refractivity contribution in [2.75, 3.05) is 5.32 Å². The molecule has 2 aromatic rings. The number of rotatable bonds is 2. The third-order valence-electron chi connectivity index (χ3n) is 1.84. The molecule has 86 valence electrons. The van der Waals surface area contributed by atoms with E-state index >= 15 is 0 Å². The van der Waals surface area contributed by atoms with Crippen molar-refractivity contribution >= 4 is 23.5 Å². The molecule has 2 rings (SSSR count). The first kappa shape index (κ1) is 11.4. The molecule has 0 unspecified atom stereocenters. The van der Waals surface area contributed by atoms with Gasteiger partial charge in [0.05, 0.1) is 5.56 Å². The van der Waals surface area contributed by atoms with Crippen molar-refractivity contribution in [3.05, 3.63) is 47.3 Å². The molecule has 1 N–H and O–H groups in total. The molecule has 0 saturated carbocycles. The highest BCUT2D eigenvalue weighted by Crippen LogP contribution is 2.07. The van der Waals surface area contributed by atoms with Gasteiger partial charge in [-0.2, -0.15) is 4.39 Å². The Morgan fingerprint density at radius 2 is 2.12 bits per heavy atom. The van der Waals surface area contributed by atoms with Crippen molar-refractivity contribution in [1.29, 1.82) is 0 Å². The van der Waals surface area contributed by atoms with Gasteiger partial charge in [0.25, 0.3) is 5.91 Å². The molecule has 0 aliphatic rings. The summed E-state index contributed by atoms with van der Waals surface area (Å²) in [5.74, 6) is -1.06. The minimum atomic E-state index is -0.652. The Hall–Kier alpha value is -2.08. The summed E-state index contributed by atoms with van der Waals surface area (Å²) in [6.45, 7) is 0. The Bertz CT molecular complexity index is 546. The first-order chi connectivity index (χ1) is 8.15. The number of hydrogen-bond acceptors (Lipinski definition) is 4. The number of halogens is 2. The van der Waals surface area contributed by atoms with Crippen LogP contribution in [-0.4, -0.2) is 20.9 Å². The maximum atomic E-state index is 12.5. The minimum Gasteiger partial charge on any atom is -0.290 e. The molecule has 5 nitrogen and oxygen atoms in total. The van der Waals surface area contributed by atoms with Crippen molar-refractivity contribution in [1.82, 2.24) is 15.0 Å². The van der Waals surface area contributed by atoms with Gasteiger partial charge in [-0.1, -0.05) is 11.6 Å². The SMILES string of the molecule is O=C(Nc1nccc(Cl)n1)c1ccc(F)nc1. The van der Waals surface area contributed by atoms with Gasteiger partial charge in [0.15, 0.2) is 0 Å². The Labute approximate surface area is 101 Å². The number of nitrogens with zero attached hydrogens (tertiary/aromatic N) is 3. The number of carbonyl (C=O) groups excluding carboxylic acids is 1. The number of aromatic nitrogens is 3. The number of nitrogens with one attached hydrogen (secondary N) is 1. The average molecular weight is 253 g/mol. The largest absolute Gasteiger partial charge is 0.290 e. The zero-order valence-corrected chi connectivity index (χ0v) is 9.15. The van der Waals surface area contributed by atoms with Crippen molar-refractivity contribution in [3.8, 4) is 0 Å². The molecule has 0 fully saturated rings. The molecule has 1 amide bonds. The van der Waals surface area contributed by atoms with Crippen LogP contribution in [0.5, 0.6) is 0 Å². The van der Waals surface area contributed by atoms with Gasteiger partial charge >= 0.3 is 0 Å². The van der Waals surface area contributed by atoms with Gasteiger partial charge in [-0.05, 0) is 18.2 Å². The van der Waals surface area contributed by atoms with Crippen molar-refractivity contribution in [2.45, 2.75) is 0 Å². The fraction of sp³-hybridized carbons (Fsp3) is 0. The van der Waals surface area contributed by atoms with E-state index in [1.165, 1.54) is 18.3 Å². The van der Waals surface area contributed by atoms with Crippen molar-refractivity contribution in [2.24, 2.45) is 0 Å². The predicted octanol–water partition coefficient (Wildman–Crippen LogP) is 1.92. The highest BCUT2D eigenvalue weighted by Gasteiger charge is 2.08. The summed E-state index contributed by atoms with van der Waals surface area (Å²) in [6.07, 6.45) is 2.53. The van der Waals surface area contributed by atoms with E-state index in [-0.39, 0.29) is 16.7 Å². The molecule has 17 heavy (non-hydrogen) atoms. The van der Waals surface area contributed by atoms with Crippen LogP contribution in [0.3, 0.4) is 0 Å². The van der Waals surface area contributed by atoms with E-state index < -0.39 is 11.9 Å². The Kier molecular flexibility index (Phi) is 3.24. The average Bonchev–Trinajstić information content (AvgIpc) is 2.29. The fourth-order valence-corrected chi connectivity index (χ4v) is 1.22. The zero-order chi connectivity index (χ0) is 12.3. The second kappa shape index (κ2) is 4.84.